The van der Waals surface area contributed by atoms with Gasteiger partial charge in [-0.15, -0.1) is 0 Å². The van der Waals surface area contributed by atoms with Crippen LogP contribution in [0.5, 0.6) is 0 Å². The third-order valence-electron chi connectivity index (χ3n) is 4.81. The Labute approximate surface area is 158 Å². The second-order valence-corrected chi connectivity index (χ2v) is 6.66. The van der Waals surface area contributed by atoms with Crippen molar-refractivity contribution in [3.05, 3.63) is 51.7 Å². The molecule has 3 heterocycles. The second-order valence-electron chi connectivity index (χ2n) is 6.66. The highest BCUT2D eigenvalue weighted by atomic mass is 16.5. The summed E-state index contributed by atoms with van der Waals surface area (Å²) in [6, 6.07) is 3.96. The van der Waals surface area contributed by atoms with Crippen LogP contribution in [0, 0.1) is 0 Å². The zero-order valence-corrected chi connectivity index (χ0v) is 15.8. The van der Waals surface area contributed by atoms with Gasteiger partial charge in [-0.2, -0.15) is 0 Å². The van der Waals surface area contributed by atoms with Crippen molar-refractivity contribution in [1.82, 2.24) is 19.9 Å². The van der Waals surface area contributed by atoms with Crippen LogP contribution < -0.4 is 10.5 Å². The molecule has 0 aromatic carbocycles. The number of aromatic nitrogens is 3. The molecule has 1 aliphatic rings. The van der Waals surface area contributed by atoms with Gasteiger partial charge in [-0.05, 0) is 30.5 Å². The van der Waals surface area contributed by atoms with Gasteiger partial charge >= 0.3 is 0 Å². The summed E-state index contributed by atoms with van der Waals surface area (Å²) in [7, 11) is 3.42. The van der Waals surface area contributed by atoms with Crippen molar-refractivity contribution in [2.45, 2.75) is 19.3 Å². The Morgan fingerprint density at radius 2 is 2.04 bits per heavy atom. The minimum absolute atomic E-state index is 0.0587. The summed E-state index contributed by atoms with van der Waals surface area (Å²) in [6.07, 6.45) is 5.45. The smallest absolute Gasteiger partial charge is 0.255 e. The van der Waals surface area contributed by atoms with Gasteiger partial charge in [0.15, 0.2) is 0 Å². The van der Waals surface area contributed by atoms with Gasteiger partial charge < -0.3 is 14.5 Å². The number of anilines is 1. The molecule has 0 fully saturated rings. The highest BCUT2D eigenvalue weighted by Gasteiger charge is 2.22. The standard InChI is InChI=1S/C19H25N5O3/c1-23(10-5-14-3-8-20-9-4-14)19-21-16-7-12-24(17(25)13-27-2)11-6-15(16)18(26)22-19/h3-4,8-9H,5-7,10-13H2,1-2H3,(H,21,22,26). The molecular formula is C19H25N5O3. The molecule has 0 saturated heterocycles. The van der Waals surface area contributed by atoms with Gasteiger partial charge in [0.2, 0.25) is 11.9 Å². The molecule has 0 unspecified atom stereocenters. The van der Waals surface area contributed by atoms with Gasteiger partial charge in [-0.3, -0.25) is 19.6 Å². The van der Waals surface area contributed by atoms with Gasteiger partial charge in [-0.1, -0.05) is 0 Å². The number of rotatable bonds is 6. The van der Waals surface area contributed by atoms with Crippen molar-refractivity contribution < 1.29 is 9.53 Å². The summed E-state index contributed by atoms with van der Waals surface area (Å²) in [5.74, 6) is 0.501. The van der Waals surface area contributed by atoms with Crippen LogP contribution >= 0.6 is 0 Å². The summed E-state index contributed by atoms with van der Waals surface area (Å²) < 4.78 is 4.93. The van der Waals surface area contributed by atoms with E-state index in [1.165, 1.54) is 12.7 Å². The van der Waals surface area contributed by atoms with Crippen LogP contribution in [0.4, 0.5) is 5.95 Å². The van der Waals surface area contributed by atoms with Crippen molar-refractivity contribution in [2.24, 2.45) is 0 Å². The topological polar surface area (TPSA) is 91.4 Å². The van der Waals surface area contributed by atoms with E-state index in [9.17, 15) is 9.59 Å². The van der Waals surface area contributed by atoms with Crippen LogP contribution in [0.25, 0.3) is 0 Å². The summed E-state index contributed by atoms with van der Waals surface area (Å²) >= 11 is 0. The molecule has 144 valence electrons. The third-order valence-corrected chi connectivity index (χ3v) is 4.81. The number of H-pyrrole nitrogens is 1. The maximum absolute atomic E-state index is 12.6. The number of ether oxygens (including phenoxy) is 1. The van der Waals surface area contributed by atoms with Crippen molar-refractivity contribution >= 4 is 11.9 Å². The number of aromatic amines is 1. The largest absolute Gasteiger partial charge is 0.375 e. The van der Waals surface area contributed by atoms with Crippen LogP contribution in [0.3, 0.4) is 0 Å². The van der Waals surface area contributed by atoms with Crippen LogP contribution in [-0.2, 0) is 28.8 Å². The highest BCUT2D eigenvalue weighted by molar-refractivity contribution is 5.77. The molecule has 0 aliphatic carbocycles. The highest BCUT2D eigenvalue weighted by Crippen LogP contribution is 2.14. The van der Waals surface area contributed by atoms with Gasteiger partial charge in [-0.25, -0.2) is 4.98 Å². The lowest BCUT2D eigenvalue weighted by Gasteiger charge is -2.19. The molecule has 0 atom stereocenters. The third kappa shape index (κ3) is 4.71. The van der Waals surface area contributed by atoms with Crippen molar-refractivity contribution in [3.63, 3.8) is 0 Å². The molecule has 2 aromatic rings. The molecule has 2 aromatic heterocycles. The number of fused-ring (bicyclic) bond motifs is 1. The van der Waals surface area contributed by atoms with Gasteiger partial charge in [0.1, 0.15) is 6.61 Å². The zero-order chi connectivity index (χ0) is 19.2. The number of hydrogen-bond acceptors (Lipinski definition) is 6. The number of carbonyl (C=O) groups excluding carboxylic acids is 1. The number of nitrogens with one attached hydrogen (secondary N) is 1. The Kier molecular flexibility index (Phi) is 6.18. The van der Waals surface area contributed by atoms with Crippen molar-refractivity contribution in [2.75, 3.05) is 45.3 Å². The number of hydrogen-bond donors (Lipinski definition) is 1. The Morgan fingerprint density at radius 1 is 1.30 bits per heavy atom. The first-order valence-corrected chi connectivity index (χ1v) is 9.07. The second kappa shape index (κ2) is 8.77. The molecule has 27 heavy (non-hydrogen) atoms. The van der Waals surface area contributed by atoms with E-state index in [1.807, 2.05) is 24.1 Å². The van der Waals surface area contributed by atoms with E-state index in [0.29, 0.717) is 37.4 Å². The monoisotopic (exact) mass is 371 g/mol. The molecule has 0 radical (unpaired) electrons. The maximum atomic E-state index is 12.6. The first-order valence-electron chi connectivity index (χ1n) is 9.07. The molecule has 8 heteroatoms. The lowest BCUT2D eigenvalue weighted by molar-refractivity contribution is -0.135. The Morgan fingerprint density at radius 3 is 2.78 bits per heavy atom. The fourth-order valence-corrected chi connectivity index (χ4v) is 3.19. The molecule has 1 amide bonds. The van der Waals surface area contributed by atoms with Crippen LogP contribution in [0.1, 0.15) is 16.8 Å². The molecule has 0 saturated carbocycles. The number of carbonyl (C=O) groups is 1. The van der Waals surface area contributed by atoms with Crippen LogP contribution in [0.15, 0.2) is 29.3 Å². The van der Waals surface area contributed by atoms with Gasteiger partial charge in [0, 0.05) is 58.2 Å². The van der Waals surface area contributed by atoms with E-state index in [1.54, 1.807) is 17.3 Å². The fraction of sp³-hybridized carbons (Fsp3) is 0.474. The van der Waals surface area contributed by atoms with E-state index >= 15 is 0 Å². The number of nitrogens with zero attached hydrogens (tertiary/aromatic N) is 4. The van der Waals surface area contributed by atoms with Gasteiger partial charge in [0.25, 0.3) is 5.56 Å². The van der Waals surface area contributed by atoms with Gasteiger partial charge in [0.05, 0.1) is 5.69 Å². The summed E-state index contributed by atoms with van der Waals surface area (Å²) in [5, 5.41) is 0. The molecule has 1 aliphatic heterocycles. The number of likely N-dealkylation sites (N-methyl/N-ethyl adjacent to an activating group) is 1. The number of methoxy groups -OCH3 is 1. The Balaban J connectivity index is 1.71. The fourth-order valence-electron chi connectivity index (χ4n) is 3.19. The predicted octanol–water partition coefficient (Wildman–Crippen LogP) is 0.417. The number of amides is 1. The molecule has 0 spiro atoms. The van der Waals surface area contributed by atoms with Crippen molar-refractivity contribution in [1.29, 1.82) is 0 Å². The molecule has 0 bridgehead atoms. The summed E-state index contributed by atoms with van der Waals surface area (Å²) in [5.41, 5.74) is 2.51. The normalized spacial score (nSPS) is 13.8. The minimum Gasteiger partial charge on any atom is -0.375 e. The summed E-state index contributed by atoms with van der Waals surface area (Å²) in [6.45, 7) is 1.84. The minimum atomic E-state index is -0.119. The van der Waals surface area contributed by atoms with Crippen molar-refractivity contribution in [3.8, 4) is 0 Å². The van der Waals surface area contributed by atoms with Crippen LogP contribution in [0.2, 0.25) is 0 Å². The molecule has 1 N–H and O–H groups in total. The first-order chi connectivity index (χ1) is 13.1. The molecule has 3 rings (SSSR count). The van der Waals surface area contributed by atoms with E-state index in [2.05, 4.69) is 15.0 Å². The molecular weight excluding hydrogens is 346 g/mol. The van der Waals surface area contributed by atoms with E-state index < -0.39 is 0 Å². The first kappa shape index (κ1) is 19.0. The molecule has 8 nitrogen and oxygen atoms in total. The average molecular weight is 371 g/mol. The maximum Gasteiger partial charge on any atom is 0.255 e. The SMILES string of the molecule is COCC(=O)N1CCc2nc(N(C)CCc3ccncc3)[nH]c(=O)c2CC1. The van der Waals surface area contributed by atoms with E-state index in [0.717, 1.165) is 18.7 Å². The average Bonchev–Trinajstić information content (AvgIpc) is 2.90. The zero-order valence-electron chi connectivity index (χ0n) is 15.8. The van der Waals surface area contributed by atoms with Crippen LogP contribution in [-0.4, -0.2) is 66.2 Å². The lowest BCUT2D eigenvalue weighted by Crippen LogP contribution is -2.35. The summed E-state index contributed by atoms with van der Waals surface area (Å²) in [4.78, 5) is 39.9. The Hall–Kier alpha value is -2.74. The Bertz CT molecular complexity index is 837. The lowest BCUT2D eigenvalue weighted by atomic mass is 10.1. The number of pyridine rings is 1. The predicted molar refractivity (Wildman–Crippen MR) is 102 cm³/mol. The van der Waals surface area contributed by atoms with E-state index in [4.69, 9.17) is 4.74 Å². The quantitative estimate of drug-likeness (QED) is 0.791. The van der Waals surface area contributed by atoms with E-state index in [-0.39, 0.29) is 18.1 Å².